The van der Waals surface area contributed by atoms with E-state index in [1.807, 2.05) is 19.0 Å². The lowest BCUT2D eigenvalue weighted by Crippen LogP contribution is -2.47. The van der Waals surface area contributed by atoms with Crippen molar-refractivity contribution < 1.29 is 24.5 Å². The van der Waals surface area contributed by atoms with Crippen molar-refractivity contribution in [1.29, 1.82) is 0 Å². The summed E-state index contributed by atoms with van der Waals surface area (Å²) in [5.74, 6) is -0.900. The molecule has 0 aliphatic heterocycles. The third kappa shape index (κ3) is 3.79. The molecule has 1 heterocycles. The van der Waals surface area contributed by atoms with Crippen LogP contribution < -0.4 is 14.6 Å². The van der Waals surface area contributed by atoms with E-state index in [1.54, 1.807) is 18.3 Å². The molecule has 0 amide bonds. The first-order valence-electron chi connectivity index (χ1n) is 8.10. The molecule has 140 valence electrons. The third-order valence-electron chi connectivity index (χ3n) is 4.17. The van der Waals surface area contributed by atoms with Gasteiger partial charge in [0.15, 0.2) is 17.1 Å². The van der Waals surface area contributed by atoms with Crippen LogP contribution in [0.2, 0.25) is 0 Å². The largest absolute Gasteiger partial charge is 0.546 e. The number of aliphatic carboxylic acids is 1. The number of rotatable bonds is 8. The third-order valence-corrected chi connectivity index (χ3v) is 4.17. The number of aromatic nitrogens is 1. The lowest BCUT2D eigenvalue weighted by molar-refractivity contribution is -0.323. The molecule has 7 heteroatoms. The van der Waals surface area contributed by atoms with Crippen LogP contribution in [0, 0.1) is 0 Å². The summed E-state index contributed by atoms with van der Waals surface area (Å²) in [6.07, 6.45) is 2.05. The van der Waals surface area contributed by atoms with Gasteiger partial charge in [-0.15, -0.1) is 0 Å². The molecule has 7 nitrogen and oxygen atoms in total. The summed E-state index contributed by atoms with van der Waals surface area (Å²) in [5, 5.41) is 23.1. The Hall–Kier alpha value is -2.64. The molecule has 1 N–H and O–H groups in total. The SMILES string of the molecule is COc1ccc(C(O)(C(=O)[O-])c2cccnc2CCN(C)C)cc1OC. The molecule has 1 atom stereocenters. The Morgan fingerprint density at radius 1 is 1.23 bits per heavy atom. The number of carboxylic acids is 1. The maximum absolute atomic E-state index is 12.0. The minimum absolute atomic E-state index is 0.106. The second-order valence-electron chi connectivity index (χ2n) is 6.12. The van der Waals surface area contributed by atoms with Crippen LogP contribution in [-0.4, -0.2) is 55.8 Å². The number of likely N-dealkylation sites (N-methyl/N-ethyl adjacent to an activating group) is 1. The molecule has 0 fully saturated rings. The van der Waals surface area contributed by atoms with Gasteiger partial charge in [0.1, 0.15) is 0 Å². The Bertz CT molecular complexity index is 778. The molecule has 0 radical (unpaired) electrons. The number of pyridine rings is 1. The second-order valence-corrected chi connectivity index (χ2v) is 6.12. The van der Waals surface area contributed by atoms with Gasteiger partial charge in [0.2, 0.25) is 0 Å². The highest BCUT2D eigenvalue weighted by Crippen LogP contribution is 2.36. The van der Waals surface area contributed by atoms with Gasteiger partial charge in [-0.2, -0.15) is 0 Å². The molecule has 0 aliphatic rings. The van der Waals surface area contributed by atoms with Crippen molar-refractivity contribution in [2.45, 2.75) is 12.0 Å². The normalized spacial score (nSPS) is 13.3. The summed E-state index contributed by atoms with van der Waals surface area (Å²) < 4.78 is 10.4. The second kappa shape index (κ2) is 8.16. The van der Waals surface area contributed by atoms with Crippen LogP contribution in [0.3, 0.4) is 0 Å². The average molecular weight is 359 g/mol. The van der Waals surface area contributed by atoms with Gasteiger partial charge >= 0.3 is 0 Å². The molecule has 1 unspecified atom stereocenters. The summed E-state index contributed by atoms with van der Waals surface area (Å²) >= 11 is 0. The van der Waals surface area contributed by atoms with Crippen molar-refractivity contribution in [3.63, 3.8) is 0 Å². The predicted molar refractivity (Wildman–Crippen MR) is 94.0 cm³/mol. The fraction of sp³-hybridized carbons (Fsp3) is 0.368. The molecular formula is C19H23N2O5-. The molecule has 26 heavy (non-hydrogen) atoms. The summed E-state index contributed by atoms with van der Waals surface area (Å²) in [5.41, 5.74) is -1.60. The van der Waals surface area contributed by atoms with Crippen LogP contribution in [0.5, 0.6) is 11.5 Å². The van der Waals surface area contributed by atoms with Crippen LogP contribution in [0.15, 0.2) is 36.5 Å². The minimum atomic E-state index is -2.37. The van der Waals surface area contributed by atoms with Crippen molar-refractivity contribution in [2.75, 3.05) is 34.9 Å². The average Bonchev–Trinajstić information content (AvgIpc) is 2.65. The Labute approximate surface area is 152 Å². The number of carbonyl (C=O) groups excluding carboxylic acids is 1. The lowest BCUT2D eigenvalue weighted by atomic mass is 9.84. The number of carbonyl (C=O) groups is 1. The lowest BCUT2D eigenvalue weighted by Gasteiger charge is -2.32. The van der Waals surface area contributed by atoms with Crippen LogP contribution in [0.1, 0.15) is 16.8 Å². The zero-order chi connectivity index (χ0) is 19.3. The standard InChI is InChI=1S/C19H24N2O5/c1-21(2)11-9-15-14(6-5-10-20-15)19(24,18(22)23)13-7-8-16(25-3)17(12-13)26-4/h5-8,10,12,24H,9,11H2,1-4H3,(H,22,23)/p-1. The first kappa shape index (κ1) is 19.7. The fourth-order valence-electron chi connectivity index (χ4n) is 2.74. The monoisotopic (exact) mass is 359 g/mol. The van der Waals surface area contributed by atoms with Crippen LogP contribution in [-0.2, 0) is 16.8 Å². The molecule has 0 bridgehead atoms. The Balaban J connectivity index is 2.60. The first-order chi connectivity index (χ1) is 12.3. The highest BCUT2D eigenvalue weighted by molar-refractivity contribution is 5.82. The quantitative estimate of drug-likeness (QED) is 0.719. The topological polar surface area (TPSA) is 95.0 Å². The van der Waals surface area contributed by atoms with E-state index in [2.05, 4.69) is 4.98 Å². The Morgan fingerprint density at radius 2 is 1.92 bits per heavy atom. The molecule has 0 saturated heterocycles. The molecule has 0 saturated carbocycles. The molecule has 0 aliphatic carbocycles. The molecule has 1 aromatic carbocycles. The van der Waals surface area contributed by atoms with Crippen molar-refractivity contribution >= 4 is 5.97 Å². The summed E-state index contributed by atoms with van der Waals surface area (Å²) in [6.45, 7) is 0.652. The molecule has 1 aromatic heterocycles. The van der Waals surface area contributed by atoms with Crippen LogP contribution in [0.4, 0.5) is 0 Å². The Morgan fingerprint density at radius 3 is 2.50 bits per heavy atom. The van der Waals surface area contributed by atoms with E-state index in [4.69, 9.17) is 9.47 Å². The number of hydrogen-bond acceptors (Lipinski definition) is 7. The van der Waals surface area contributed by atoms with Gasteiger partial charge in [0, 0.05) is 30.4 Å². The number of aliphatic hydroxyl groups is 1. The summed E-state index contributed by atoms with van der Waals surface area (Å²) in [4.78, 5) is 18.2. The van der Waals surface area contributed by atoms with Crippen molar-refractivity contribution in [2.24, 2.45) is 0 Å². The zero-order valence-electron chi connectivity index (χ0n) is 15.4. The van der Waals surface area contributed by atoms with Gasteiger partial charge in [-0.05, 0) is 37.9 Å². The number of carboxylic acid groups (broad SMARTS) is 1. The van der Waals surface area contributed by atoms with Crippen LogP contribution in [0.25, 0.3) is 0 Å². The first-order valence-corrected chi connectivity index (χ1v) is 8.10. The van der Waals surface area contributed by atoms with Crippen molar-refractivity contribution in [1.82, 2.24) is 9.88 Å². The van der Waals surface area contributed by atoms with E-state index in [-0.39, 0.29) is 11.1 Å². The summed E-state index contributed by atoms with van der Waals surface area (Å²) in [7, 11) is 6.72. The molecule has 0 spiro atoms. The van der Waals surface area contributed by atoms with Gasteiger partial charge in [-0.3, -0.25) is 4.98 Å². The Kier molecular flexibility index (Phi) is 6.18. The van der Waals surface area contributed by atoms with Crippen molar-refractivity contribution in [3.05, 3.63) is 53.3 Å². The number of ether oxygens (including phenoxy) is 2. The van der Waals surface area contributed by atoms with Gasteiger partial charge < -0.3 is 29.4 Å². The highest BCUT2D eigenvalue weighted by atomic mass is 16.5. The maximum atomic E-state index is 12.0. The van der Waals surface area contributed by atoms with E-state index >= 15 is 0 Å². The zero-order valence-corrected chi connectivity index (χ0v) is 15.4. The van der Waals surface area contributed by atoms with E-state index in [0.717, 1.165) is 0 Å². The van der Waals surface area contributed by atoms with Gasteiger partial charge in [-0.1, -0.05) is 12.1 Å². The van der Waals surface area contributed by atoms with E-state index in [9.17, 15) is 15.0 Å². The number of hydrogen-bond donors (Lipinski definition) is 1. The van der Waals surface area contributed by atoms with Crippen LogP contribution >= 0.6 is 0 Å². The number of nitrogens with zero attached hydrogens (tertiary/aromatic N) is 2. The van der Waals surface area contributed by atoms with Gasteiger partial charge in [0.25, 0.3) is 0 Å². The predicted octanol–water partition coefficient (Wildman–Crippen LogP) is 0.189. The van der Waals surface area contributed by atoms with Gasteiger partial charge in [0.05, 0.1) is 20.2 Å². The van der Waals surface area contributed by atoms with E-state index < -0.39 is 11.6 Å². The molecule has 2 rings (SSSR count). The number of methoxy groups -OCH3 is 2. The number of benzene rings is 1. The fourth-order valence-corrected chi connectivity index (χ4v) is 2.74. The highest BCUT2D eigenvalue weighted by Gasteiger charge is 2.36. The minimum Gasteiger partial charge on any atom is -0.546 e. The van der Waals surface area contributed by atoms with Gasteiger partial charge in [-0.25, -0.2) is 0 Å². The molecular weight excluding hydrogens is 336 g/mol. The summed E-state index contributed by atoms with van der Waals surface area (Å²) in [6, 6.07) is 7.57. The van der Waals surface area contributed by atoms with E-state index in [1.165, 1.54) is 32.4 Å². The van der Waals surface area contributed by atoms with E-state index in [0.29, 0.717) is 30.2 Å². The molecule has 2 aromatic rings. The van der Waals surface area contributed by atoms with Crippen molar-refractivity contribution in [3.8, 4) is 11.5 Å². The smallest absolute Gasteiger partial charge is 0.161 e. The maximum Gasteiger partial charge on any atom is 0.161 e.